The molecule has 0 saturated heterocycles. The third kappa shape index (κ3) is 3.59. The van der Waals surface area contributed by atoms with Gasteiger partial charge >= 0.3 is 0 Å². The van der Waals surface area contributed by atoms with Gasteiger partial charge in [0.05, 0.1) is 12.2 Å². The van der Waals surface area contributed by atoms with Gasteiger partial charge in [-0.05, 0) is 35.2 Å². The van der Waals surface area contributed by atoms with Crippen molar-refractivity contribution in [3.05, 3.63) is 87.9 Å². The summed E-state index contributed by atoms with van der Waals surface area (Å²) in [6.45, 7) is 0.438. The average Bonchev–Trinajstić information content (AvgIpc) is 3.07. The number of hydrogen-bond donors (Lipinski definition) is 1. The summed E-state index contributed by atoms with van der Waals surface area (Å²) in [5, 5.41) is 4.99. The van der Waals surface area contributed by atoms with E-state index in [9.17, 15) is 4.79 Å². The van der Waals surface area contributed by atoms with Crippen molar-refractivity contribution in [2.24, 2.45) is 0 Å². The van der Waals surface area contributed by atoms with Crippen LogP contribution in [0.1, 0.15) is 26.5 Å². The zero-order valence-corrected chi connectivity index (χ0v) is 12.8. The Balaban J connectivity index is 1.72. The Morgan fingerprint density at radius 3 is 2.68 bits per heavy atom. The van der Waals surface area contributed by atoms with E-state index >= 15 is 0 Å². The third-order valence-corrected chi connectivity index (χ3v) is 4.24. The Labute approximate surface area is 133 Å². The van der Waals surface area contributed by atoms with Crippen molar-refractivity contribution < 1.29 is 4.79 Å². The second-order valence-corrected chi connectivity index (χ2v) is 5.95. The predicted octanol–water partition coefficient (Wildman–Crippen LogP) is 3.66. The molecule has 0 fully saturated rings. The molecule has 1 N–H and O–H groups in total. The minimum absolute atomic E-state index is 0.0576. The second-order valence-electron chi connectivity index (χ2n) is 4.92. The number of aromatic nitrogens is 1. The van der Waals surface area contributed by atoms with E-state index in [0.717, 1.165) is 23.2 Å². The summed E-state index contributed by atoms with van der Waals surface area (Å²) in [4.78, 5) is 17.9. The fourth-order valence-electron chi connectivity index (χ4n) is 2.27. The molecule has 2 aromatic heterocycles. The van der Waals surface area contributed by atoms with Crippen LogP contribution in [0.3, 0.4) is 0 Å². The number of rotatable bonds is 5. The lowest BCUT2D eigenvalue weighted by Gasteiger charge is -2.09. The van der Waals surface area contributed by atoms with Crippen molar-refractivity contribution >= 4 is 17.2 Å². The van der Waals surface area contributed by atoms with Gasteiger partial charge in [0.2, 0.25) is 0 Å². The maximum Gasteiger partial charge on any atom is 0.251 e. The first-order valence-corrected chi connectivity index (χ1v) is 7.99. The van der Waals surface area contributed by atoms with Crippen LogP contribution in [0.25, 0.3) is 0 Å². The number of nitrogens with one attached hydrogen (secondary N) is 1. The normalized spacial score (nSPS) is 10.4. The summed E-state index contributed by atoms with van der Waals surface area (Å²) in [5.74, 6) is -0.0576. The molecule has 0 radical (unpaired) electrons. The van der Waals surface area contributed by atoms with E-state index in [1.54, 1.807) is 17.5 Å². The number of carbonyl (C=O) groups is 1. The molecule has 3 nitrogen and oxygen atoms in total. The number of hydrogen-bond acceptors (Lipinski definition) is 3. The lowest BCUT2D eigenvalue weighted by molar-refractivity contribution is 0.0949. The fraction of sp³-hybridized carbons (Fsp3) is 0.111. The van der Waals surface area contributed by atoms with Gasteiger partial charge < -0.3 is 5.32 Å². The Kier molecular flexibility index (Phi) is 4.61. The Hall–Kier alpha value is -2.46. The van der Waals surface area contributed by atoms with Gasteiger partial charge in [0.15, 0.2) is 0 Å². The Bertz CT molecular complexity index is 739. The van der Waals surface area contributed by atoms with Crippen LogP contribution in [0.4, 0.5) is 0 Å². The number of thiophene rings is 1. The molecule has 2 heterocycles. The SMILES string of the molecule is O=C(NCc1ccccn1)c1ccccc1Cc1cccs1. The summed E-state index contributed by atoms with van der Waals surface area (Å²) in [6, 6.07) is 17.5. The van der Waals surface area contributed by atoms with Crippen molar-refractivity contribution in [2.75, 3.05) is 0 Å². The molecule has 0 atom stereocenters. The average molecular weight is 308 g/mol. The molecule has 4 heteroatoms. The molecule has 0 spiro atoms. The fourth-order valence-corrected chi connectivity index (χ4v) is 2.99. The van der Waals surface area contributed by atoms with Crippen LogP contribution in [0.5, 0.6) is 0 Å². The standard InChI is InChI=1S/C18H16N2OS/c21-18(20-13-15-7-3-4-10-19-15)17-9-2-1-6-14(17)12-16-8-5-11-22-16/h1-11H,12-13H2,(H,20,21). The van der Waals surface area contributed by atoms with Gasteiger partial charge in [-0.3, -0.25) is 9.78 Å². The lowest BCUT2D eigenvalue weighted by atomic mass is 10.0. The van der Waals surface area contributed by atoms with Gasteiger partial charge in [-0.1, -0.05) is 30.3 Å². The summed E-state index contributed by atoms with van der Waals surface area (Å²) < 4.78 is 0. The highest BCUT2D eigenvalue weighted by Crippen LogP contribution is 2.18. The van der Waals surface area contributed by atoms with Crippen LogP contribution >= 0.6 is 11.3 Å². The molecule has 110 valence electrons. The number of carbonyl (C=O) groups excluding carboxylic acids is 1. The van der Waals surface area contributed by atoms with Crippen molar-refractivity contribution in [3.8, 4) is 0 Å². The number of pyridine rings is 1. The molecule has 0 bridgehead atoms. The zero-order valence-electron chi connectivity index (χ0n) is 12.0. The first-order chi connectivity index (χ1) is 10.8. The summed E-state index contributed by atoms with van der Waals surface area (Å²) in [7, 11) is 0. The number of benzene rings is 1. The van der Waals surface area contributed by atoms with E-state index in [1.165, 1.54) is 4.88 Å². The van der Waals surface area contributed by atoms with E-state index < -0.39 is 0 Å². The Morgan fingerprint density at radius 1 is 1.05 bits per heavy atom. The highest BCUT2D eigenvalue weighted by molar-refractivity contribution is 7.09. The van der Waals surface area contributed by atoms with Crippen molar-refractivity contribution in [1.82, 2.24) is 10.3 Å². The van der Waals surface area contributed by atoms with Crippen molar-refractivity contribution in [2.45, 2.75) is 13.0 Å². The van der Waals surface area contributed by atoms with Crippen LogP contribution in [0, 0.1) is 0 Å². The van der Waals surface area contributed by atoms with E-state index in [4.69, 9.17) is 0 Å². The van der Waals surface area contributed by atoms with Gasteiger partial charge in [0, 0.05) is 23.1 Å². The molecule has 1 amide bonds. The zero-order chi connectivity index (χ0) is 15.2. The topological polar surface area (TPSA) is 42.0 Å². The maximum atomic E-state index is 12.4. The first-order valence-electron chi connectivity index (χ1n) is 7.11. The molecule has 0 unspecified atom stereocenters. The third-order valence-electron chi connectivity index (χ3n) is 3.36. The molecule has 0 aliphatic rings. The number of amides is 1. The molecular formula is C18H16N2OS. The summed E-state index contributed by atoms with van der Waals surface area (Å²) in [6.07, 6.45) is 2.51. The van der Waals surface area contributed by atoms with Gasteiger partial charge in [0.25, 0.3) is 5.91 Å². The number of nitrogens with zero attached hydrogens (tertiary/aromatic N) is 1. The maximum absolute atomic E-state index is 12.4. The van der Waals surface area contributed by atoms with Crippen LogP contribution in [-0.4, -0.2) is 10.9 Å². The van der Waals surface area contributed by atoms with E-state index in [1.807, 2.05) is 48.5 Å². The van der Waals surface area contributed by atoms with Gasteiger partial charge in [-0.25, -0.2) is 0 Å². The van der Waals surface area contributed by atoms with E-state index in [-0.39, 0.29) is 5.91 Å². The van der Waals surface area contributed by atoms with Crippen molar-refractivity contribution in [1.29, 1.82) is 0 Å². The van der Waals surface area contributed by atoms with Crippen molar-refractivity contribution in [3.63, 3.8) is 0 Å². The highest BCUT2D eigenvalue weighted by atomic mass is 32.1. The molecule has 3 aromatic rings. The second kappa shape index (κ2) is 7.00. The van der Waals surface area contributed by atoms with Gasteiger partial charge in [-0.2, -0.15) is 0 Å². The van der Waals surface area contributed by atoms with Crippen LogP contribution in [-0.2, 0) is 13.0 Å². The van der Waals surface area contributed by atoms with E-state index in [2.05, 4.69) is 21.7 Å². The van der Waals surface area contributed by atoms with Crippen LogP contribution in [0.2, 0.25) is 0 Å². The molecule has 22 heavy (non-hydrogen) atoms. The molecule has 1 aromatic carbocycles. The van der Waals surface area contributed by atoms with E-state index in [0.29, 0.717) is 6.54 Å². The summed E-state index contributed by atoms with van der Waals surface area (Å²) >= 11 is 1.71. The van der Waals surface area contributed by atoms with Crippen LogP contribution < -0.4 is 5.32 Å². The quantitative estimate of drug-likeness (QED) is 0.781. The monoisotopic (exact) mass is 308 g/mol. The highest BCUT2D eigenvalue weighted by Gasteiger charge is 2.11. The summed E-state index contributed by atoms with van der Waals surface area (Å²) in [5.41, 5.74) is 2.63. The first kappa shape index (κ1) is 14.5. The van der Waals surface area contributed by atoms with Crippen LogP contribution in [0.15, 0.2) is 66.2 Å². The smallest absolute Gasteiger partial charge is 0.251 e. The predicted molar refractivity (Wildman–Crippen MR) is 89.0 cm³/mol. The minimum Gasteiger partial charge on any atom is -0.346 e. The largest absolute Gasteiger partial charge is 0.346 e. The lowest BCUT2D eigenvalue weighted by Crippen LogP contribution is -2.24. The van der Waals surface area contributed by atoms with Gasteiger partial charge in [0.1, 0.15) is 0 Å². The Morgan fingerprint density at radius 2 is 1.91 bits per heavy atom. The van der Waals surface area contributed by atoms with Gasteiger partial charge in [-0.15, -0.1) is 11.3 Å². The molecule has 0 aliphatic carbocycles. The molecule has 0 aliphatic heterocycles. The minimum atomic E-state index is -0.0576. The molecule has 3 rings (SSSR count). The molecular weight excluding hydrogens is 292 g/mol. The molecule has 0 saturated carbocycles.